The molecule has 1 unspecified atom stereocenters. The highest BCUT2D eigenvalue weighted by atomic mass is 14.9. The van der Waals surface area contributed by atoms with Crippen molar-refractivity contribution in [1.82, 2.24) is 5.32 Å². The van der Waals surface area contributed by atoms with Crippen molar-refractivity contribution in [3.63, 3.8) is 0 Å². The van der Waals surface area contributed by atoms with Crippen LogP contribution in [0.5, 0.6) is 0 Å². The van der Waals surface area contributed by atoms with Gasteiger partial charge in [0.2, 0.25) is 0 Å². The van der Waals surface area contributed by atoms with E-state index in [9.17, 15) is 0 Å². The lowest BCUT2D eigenvalue weighted by Crippen LogP contribution is -2.28. The predicted octanol–water partition coefficient (Wildman–Crippen LogP) is 8.39. The van der Waals surface area contributed by atoms with Crippen molar-refractivity contribution < 1.29 is 0 Å². The molecule has 0 aromatic heterocycles. The number of likely N-dealkylation sites (N-methyl/N-ethyl adjacent to an activating group) is 1. The third kappa shape index (κ3) is 5.13. The van der Waals surface area contributed by atoms with Crippen LogP contribution in [-0.4, -0.2) is 13.1 Å². The summed E-state index contributed by atoms with van der Waals surface area (Å²) in [6.07, 6.45) is 5.56. The molecule has 0 radical (unpaired) electrons. The second kappa shape index (κ2) is 10.2. The lowest BCUT2D eigenvalue weighted by atomic mass is 9.88. The zero-order chi connectivity index (χ0) is 24.2. The second-order valence-corrected chi connectivity index (χ2v) is 9.38. The number of hydrogen-bond donors (Lipinski definition) is 2. The topological polar surface area (TPSA) is 24.1 Å². The number of aryl methyl sites for hydroxylation is 1. The van der Waals surface area contributed by atoms with Gasteiger partial charge in [-0.15, -0.1) is 0 Å². The van der Waals surface area contributed by atoms with E-state index in [0.717, 1.165) is 17.8 Å². The van der Waals surface area contributed by atoms with Crippen LogP contribution >= 0.6 is 0 Å². The first-order valence-corrected chi connectivity index (χ1v) is 12.3. The molecule has 4 aromatic carbocycles. The zero-order valence-corrected chi connectivity index (χ0v) is 20.7. The fraction of sp³-hybridized carbons (Fsp3) is 0.152. The smallest absolute Gasteiger partial charge is 0.0463 e. The van der Waals surface area contributed by atoms with E-state index in [1.165, 1.54) is 44.5 Å². The minimum absolute atomic E-state index is 0.348. The Bertz CT molecular complexity index is 1410. The van der Waals surface area contributed by atoms with Gasteiger partial charge in [0, 0.05) is 23.0 Å². The van der Waals surface area contributed by atoms with Crippen LogP contribution in [0.15, 0.2) is 115 Å². The molecule has 5 rings (SSSR count). The van der Waals surface area contributed by atoms with Gasteiger partial charge in [-0.1, -0.05) is 84.5 Å². The molecule has 0 saturated carbocycles. The first-order valence-electron chi connectivity index (χ1n) is 12.3. The van der Waals surface area contributed by atoms with E-state index in [2.05, 4.69) is 134 Å². The summed E-state index contributed by atoms with van der Waals surface area (Å²) in [4.78, 5) is 0. The molecule has 1 aliphatic carbocycles. The summed E-state index contributed by atoms with van der Waals surface area (Å²) in [5, 5.41) is 7.10. The average Bonchev–Trinajstić information content (AvgIpc) is 2.89. The molecule has 2 heteroatoms. The molecule has 0 fully saturated rings. The Hall–Kier alpha value is -3.88. The lowest BCUT2D eigenvalue weighted by Gasteiger charge is -2.24. The van der Waals surface area contributed by atoms with Gasteiger partial charge in [-0.3, -0.25) is 0 Å². The van der Waals surface area contributed by atoms with E-state index in [-0.39, 0.29) is 0 Å². The van der Waals surface area contributed by atoms with Crippen molar-refractivity contribution in [2.75, 3.05) is 12.4 Å². The number of hydrogen-bond acceptors (Lipinski definition) is 2. The Morgan fingerprint density at radius 1 is 0.657 bits per heavy atom. The third-order valence-electron chi connectivity index (χ3n) is 6.72. The third-order valence-corrected chi connectivity index (χ3v) is 6.72. The molecule has 2 nitrogen and oxygen atoms in total. The number of anilines is 2. The van der Waals surface area contributed by atoms with Gasteiger partial charge in [0.1, 0.15) is 0 Å². The van der Waals surface area contributed by atoms with E-state index < -0.39 is 0 Å². The molecule has 0 spiro atoms. The normalized spacial score (nSPS) is 15.3. The maximum Gasteiger partial charge on any atom is 0.0463 e. The lowest BCUT2D eigenvalue weighted by molar-refractivity contribution is 0.669. The molecule has 0 saturated heterocycles. The van der Waals surface area contributed by atoms with Crippen LogP contribution in [0.1, 0.15) is 24.5 Å². The first kappa shape index (κ1) is 22.9. The Balaban J connectivity index is 1.49. The summed E-state index contributed by atoms with van der Waals surface area (Å²) in [5.41, 5.74) is 12.3. The second-order valence-electron chi connectivity index (χ2n) is 9.38. The molecule has 0 aliphatic heterocycles. The largest absolute Gasteiger partial charge is 0.355 e. The van der Waals surface area contributed by atoms with Crippen LogP contribution in [0.2, 0.25) is 0 Å². The summed E-state index contributed by atoms with van der Waals surface area (Å²) in [7, 11) is 2.05. The van der Waals surface area contributed by atoms with Gasteiger partial charge in [0.15, 0.2) is 0 Å². The van der Waals surface area contributed by atoms with Crippen LogP contribution in [-0.2, 0) is 0 Å². The van der Waals surface area contributed by atoms with Crippen LogP contribution < -0.4 is 10.6 Å². The Labute approximate surface area is 209 Å². The maximum atomic E-state index is 3.62. The summed E-state index contributed by atoms with van der Waals surface area (Å²) in [6.45, 7) is 4.32. The van der Waals surface area contributed by atoms with Gasteiger partial charge in [-0.25, -0.2) is 0 Å². The van der Waals surface area contributed by atoms with Crippen LogP contribution in [0, 0.1) is 6.92 Å². The van der Waals surface area contributed by atoms with E-state index in [1.807, 2.05) is 7.05 Å². The van der Waals surface area contributed by atoms with Gasteiger partial charge in [-0.2, -0.15) is 0 Å². The van der Waals surface area contributed by atoms with E-state index in [1.54, 1.807) is 0 Å². The Morgan fingerprint density at radius 2 is 1.34 bits per heavy atom. The molecule has 4 aromatic rings. The molecular formula is C33H32N2. The van der Waals surface area contributed by atoms with Crippen molar-refractivity contribution >= 4 is 16.9 Å². The average molecular weight is 457 g/mol. The number of allylic oxidation sites excluding steroid dienone is 2. The monoisotopic (exact) mass is 456 g/mol. The highest BCUT2D eigenvalue weighted by Crippen LogP contribution is 2.34. The minimum Gasteiger partial charge on any atom is -0.355 e. The molecule has 1 atom stereocenters. The SMILES string of the molecule is CNC1CC(C)=CC=C1c1cccc(-c2cccc(-c3ccccc3Nc3cccc(C)c3)c2)c1. The molecule has 35 heavy (non-hydrogen) atoms. The molecule has 174 valence electrons. The van der Waals surface area contributed by atoms with E-state index in [4.69, 9.17) is 0 Å². The van der Waals surface area contributed by atoms with Crippen molar-refractivity contribution in [3.8, 4) is 22.3 Å². The summed E-state index contributed by atoms with van der Waals surface area (Å²) >= 11 is 0. The summed E-state index contributed by atoms with van der Waals surface area (Å²) in [5.74, 6) is 0. The number of benzene rings is 4. The van der Waals surface area contributed by atoms with Crippen LogP contribution in [0.25, 0.3) is 27.8 Å². The van der Waals surface area contributed by atoms with Crippen molar-refractivity contribution in [3.05, 3.63) is 126 Å². The van der Waals surface area contributed by atoms with Crippen molar-refractivity contribution in [2.45, 2.75) is 26.3 Å². The van der Waals surface area contributed by atoms with Gasteiger partial charge in [0.25, 0.3) is 0 Å². The van der Waals surface area contributed by atoms with Crippen molar-refractivity contribution in [1.29, 1.82) is 0 Å². The summed E-state index contributed by atoms with van der Waals surface area (Å²) < 4.78 is 0. The van der Waals surface area contributed by atoms with Gasteiger partial charge in [-0.05, 0) is 91.0 Å². The molecular weight excluding hydrogens is 424 g/mol. The zero-order valence-electron chi connectivity index (χ0n) is 20.7. The summed E-state index contributed by atoms with van der Waals surface area (Å²) in [6, 6.07) is 35.1. The standard InChI is InChI=1S/C33H32N2/c1-23-9-6-14-29(19-23)35-32-16-5-4-15-30(32)27-12-7-10-25(21-27)26-11-8-13-28(22-26)31-18-17-24(2)20-33(31)34-3/h4-19,21-22,33-35H,20H2,1-3H3. The molecule has 2 N–H and O–H groups in total. The number of para-hydroxylation sites is 1. The highest BCUT2D eigenvalue weighted by Gasteiger charge is 2.18. The van der Waals surface area contributed by atoms with Gasteiger partial charge in [0.05, 0.1) is 0 Å². The minimum atomic E-state index is 0.348. The molecule has 0 amide bonds. The highest BCUT2D eigenvalue weighted by molar-refractivity contribution is 5.84. The first-order chi connectivity index (χ1) is 17.1. The van der Waals surface area contributed by atoms with Gasteiger partial charge < -0.3 is 10.6 Å². The molecule has 1 aliphatic rings. The Kier molecular flexibility index (Phi) is 6.65. The number of rotatable bonds is 6. The van der Waals surface area contributed by atoms with E-state index >= 15 is 0 Å². The predicted molar refractivity (Wildman–Crippen MR) is 151 cm³/mol. The quantitative estimate of drug-likeness (QED) is 0.304. The van der Waals surface area contributed by atoms with Crippen molar-refractivity contribution in [2.24, 2.45) is 0 Å². The van der Waals surface area contributed by atoms with Gasteiger partial charge >= 0.3 is 0 Å². The fourth-order valence-electron chi connectivity index (χ4n) is 4.87. The van der Waals surface area contributed by atoms with E-state index in [0.29, 0.717) is 6.04 Å². The fourth-order valence-corrected chi connectivity index (χ4v) is 4.87. The van der Waals surface area contributed by atoms with Crippen LogP contribution in [0.4, 0.5) is 11.4 Å². The maximum absolute atomic E-state index is 3.62. The molecule has 0 bridgehead atoms. The Morgan fingerprint density at radius 3 is 2.11 bits per heavy atom. The van der Waals surface area contributed by atoms with Crippen LogP contribution in [0.3, 0.4) is 0 Å². The number of nitrogens with one attached hydrogen (secondary N) is 2. The molecule has 0 heterocycles.